The molecule has 0 atom stereocenters. The Kier molecular flexibility index (Phi) is 9.86. The van der Waals surface area contributed by atoms with E-state index in [4.69, 9.17) is 0 Å². The molecule has 0 aliphatic rings. The Hall–Kier alpha value is -4.18. The van der Waals surface area contributed by atoms with Crippen LogP contribution in [0, 0.1) is 35.5 Å². The molecule has 0 aliphatic heterocycles. The normalized spacial score (nSPS) is 10.1. The Labute approximate surface area is 229 Å². The second kappa shape index (κ2) is 13.9. The van der Waals surface area contributed by atoms with E-state index in [0.717, 1.165) is 64.3 Å². The molecule has 0 saturated carbocycles. The zero-order chi connectivity index (χ0) is 26.6. The molecule has 4 rings (SSSR count). The van der Waals surface area contributed by atoms with Crippen molar-refractivity contribution in [2.45, 2.75) is 65.7 Å². The largest absolute Gasteiger partial charge is 0.0979 e. The van der Waals surface area contributed by atoms with Gasteiger partial charge in [0.2, 0.25) is 0 Å². The molecule has 0 N–H and O–H groups in total. The highest BCUT2D eigenvalue weighted by atomic mass is 14.1. The molecule has 0 nitrogen and oxygen atoms in total. The summed E-state index contributed by atoms with van der Waals surface area (Å²) in [6.07, 6.45) is 7.80. The molecule has 188 valence electrons. The van der Waals surface area contributed by atoms with E-state index in [1.165, 1.54) is 30.4 Å². The number of hydrogen-bond donors (Lipinski definition) is 0. The van der Waals surface area contributed by atoms with Crippen LogP contribution in [0.3, 0.4) is 0 Å². The Balaban J connectivity index is 1.60. The van der Waals surface area contributed by atoms with Gasteiger partial charge in [-0.25, -0.2) is 0 Å². The summed E-state index contributed by atoms with van der Waals surface area (Å²) in [6.45, 7) is 6.60. The number of benzene rings is 4. The Morgan fingerprint density at radius 1 is 0.553 bits per heavy atom. The first kappa shape index (κ1) is 26.9. The van der Waals surface area contributed by atoms with Gasteiger partial charge in [-0.15, -0.1) is 0 Å². The van der Waals surface area contributed by atoms with Gasteiger partial charge in [-0.05, 0) is 90.0 Å². The van der Waals surface area contributed by atoms with Crippen LogP contribution in [-0.4, -0.2) is 0 Å². The maximum Gasteiger partial charge on any atom is 0.0328 e. The first-order valence-electron chi connectivity index (χ1n) is 14.0. The quantitative estimate of drug-likeness (QED) is 0.186. The highest BCUT2D eigenvalue weighted by molar-refractivity contribution is 5.93. The van der Waals surface area contributed by atoms with Crippen LogP contribution in [0.1, 0.15) is 91.8 Å². The lowest BCUT2D eigenvalue weighted by Gasteiger charge is -2.05. The molecule has 4 aromatic rings. The molecule has 0 aliphatic carbocycles. The van der Waals surface area contributed by atoms with Gasteiger partial charge >= 0.3 is 0 Å². The molecule has 0 radical (unpaired) electrons. The number of hydrogen-bond acceptors (Lipinski definition) is 0. The minimum Gasteiger partial charge on any atom is -0.0979 e. The second-order valence-electron chi connectivity index (χ2n) is 9.64. The lowest BCUT2D eigenvalue weighted by Crippen LogP contribution is -1.90. The van der Waals surface area contributed by atoms with Gasteiger partial charge in [0.25, 0.3) is 0 Å². The van der Waals surface area contributed by atoms with Gasteiger partial charge in [-0.1, -0.05) is 106 Å². The van der Waals surface area contributed by atoms with Crippen molar-refractivity contribution in [2.24, 2.45) is 0 Å². The predicted molar refractivity (Wildman–Crippen MR) is 163 cm³/mol. The Morgan fingerprint density at radius 3 is 1.82 bits per heavy atom. The topological polar surface area (TPSA) is 0 Å². The summed E-state index contributed by atoms with van der Waals surface area (Å²) in [6, 6.07) is 27.7. The molecule has 0 fully saturated rings. The van der Waals surface area contributed by atoms with E-state index in [1.807, 2.05) is 0 Å². The van der Waals surface area contributed by atoms with Crippen molar-refractivity contribution in [2.75, 3.05) is 0 Å². The average molecular weight is 493 g/mol. The molecule has 0 aromatic heterocycles. The zero-order valence-electron chi connectivity index (χ0n) is 23.0. The van der Waals surface area contributed by atoms with Gasteiger partial charge in [-0.3, -0.25) is 0 Å². The van der Waals surface area contributed by atoms with E-state index in [0.29, 0.717) is 0 Å². The van der Waals surface area contributed by atoms with Crippen molar-refractivity contribution >= 4 is 10.8 Å². The fraction of sp³-hybridized carbons (Fsp3) is 0.263. The summed E-state index contributed by atoms with van der Waals surface area (Å²) in [4.78, 5) is 0. The van der Waals surface area contributed by atoms with E-state index in [2.05, 4.69) is 135 Å². The molecule has 4 aromatic carbocycles. The molecule has 0 amide bonds. The third-order valence-corrected chi connectivity index (χ3v) is 6.74. The second-order valence-corrected chi connectivity index (χ2v) is 9.64. The van der Waals surface area contributed by atoms with Crippen LogP contribution in [-0.2, 0) is 12.8 Å². The first-order chi connectivity index (χ1) is 18.7. The molecule has 0 saturated heterocycles. The van der Waals surface area contributed by atoms with Crippen LogP contribution in [0.4, 0.5) is 0 Å². The van der Waals surface area contributed by atoms with Crippen molar-refractivity contribution in [3.63, 3.8) is 0 Å². The van der Waals surface area contributed by atoms with E-state index < -0.39 is 0 Å². The van der Waals surface area contributed by atoms with Gasteiger partial charge < -0.3 is 0 Å². The van der Waals surface area contributed by atoms with Crippen LogP contribution in [0.2, 0.25) is 0 Å². The first-order valence-corrected chi connectivity index (χ1v) is 14.0. The van der Waals surface area contributed by atoms with Gasteiger partial charge in [0, 0.05) is 34.2 Å². The zero-order valence-corrected chi connectivity index (χ0v) is 23.0. The maximum atomic E-state index is 3.45. The number of rotatable bonds is 6. The summed E-state index contributed by atoms with van der Waals surface area (Å²) in [5.41, 5.74) is 7.87. The van der Waals surface area contributed by atoms with Crippen LogP contribution < -0.4 is 0 Å². The number of aryl methyl sites for hydroxylation is 2. The van der Waals surface area contributed by atoms with Crippen LogP contribution in [0.25, 0.3) is 10.8 Å². The Morgan fingerprint density at radius 2 is 1.16 bits per heavy atom. The number of fused-ring (bicyclic) bond motifs is 1. The predicted octanol–water partition coefficient (Wildman–Crippen LogP) is 9.09. The smallest absolute Gasteiger partial charge is 0.0328 e. The third kappa shape index (κ3) is 7.19. The fourth-order valence-electron chi connectivity index (χ4n) is 4.44. The SMILES string of the molecule is CCCCC#Cc1ccc(C#Cc2ccc(C#Cc3ccc(CCCC)cc3)c3ccccc23)c(CC)c1. The lowest BCUT2D eigenvalue weighted by atomic mass is 9.98. The lowest BCUT2D eigenvalue weighted by molar-refractivity contribution is 0.795. The van der Waals surface area contributed by atoms with Crippen LogP contribution in [0.5, 0.6) is 0 Å². The minimum absolute atomic E-state index is 0.934. The van der Waals surface area contributed by atoms with Crippen molar-refractivity contribution in [3.8, 4) is 35.5 Å². The number of unbranched alkanes of at least 4 members (excludes halogenated alkanes) is 3. The Bertz CT molecular complexity index is 1560. The molecular weight excluding hydrogens is 456 g/mol. The average Bonchev–Trinajstić information content (AvgIpc) is 2.97. The highest BCUT2D eigenvalue weighted by Crippen LogP contribution is 2.22. The summed E-state index contributed by atoms with van der Waals surface area (Å²) in [7, 11) is 0. The van der Waals surface area contributed by atoms with E-state index in [9.17, 15) is 0 Å². The molecule has 0 unspecified atom stereocenters. The van der Waals surface area contributed by atoms with E-state index in [1.54, 1.807) is 0 Å². The standard InChI is InChI=1S/C38H36/c1-4-7-9-10-14-32-22-23-34(33(6-3)29-32)25-26-36-28-27-35(37-15-11-12-16-38(36)37)24-21-31-19-17-30(18-20-31)13-8-5-2/h11-12,15-20,22-23,27-29H,4-9,13H2,1-3H3. The highest BCUT2D eigenvalue weighted by Gasteiger charge is 2.04. The third-order valence-electron chi connectivity index (χ3n) is 6.74. The van der Waals surface area contributed by atoms with Crippen LogP contribution >= 0.6 is 0 Å². The van der Waals surface area contributed by atoms with Crippen LogP contribution in [0.15, 0.2) is 78.9 Å². The molecular formula is C38H36. The molecule has 38 heavy (non-hydrogen) atoms. The molecule has 0 heterocycles. The van der Waals surface area contributed by atoms with Crippen molar-refractivity contribution in [1.82, 2.24) is 0 Å². The molecule has 0 spiro atoms. The van der Waals surface area contributed by atoms with E-state index >= 15 is 0 Å². The van der Waals surface area contributed by atoms with Gasteiger partial charge in [0.05, 0.1) is 0 Å². The minimum atomic E-state index is 0.934. The van der Waals surface area contributed by atoms with Gasteiger partial charge in [-0.2, -0.15) is 0 Å². The monoisotopic (exact) mass is 492 g/mol. The van der Waals surface area contributed by atoms with Crippen molar-refractivity contribution in [3.05, 3.63) is 118 Å². The summed E-state index contributed by atoms with van der Waals surface area (Å²) in [5, 5.41) is 2.28. The molecule has 0 heteroatoms. The van der Waals surface area contributed by atoms with Crippen molar-refractivity contribution in [1.29, 1.82) is 0 Å². The summed E-state index contributed by atoms with van der Waals surface area (Å²) in [5.74, 6) is 20.2. The summed E-state index contributed by atoms with van der Waals surface area (Å²) < 4.78 is 0. The maximum absolute atomic E-state index is 3.45. The van der Waals surface area contributed by atoms with Gasteiger partial charge in [0.1, 0.15) is 0 Å². The summed E-state index contributed by atoms with van der Waals surface area (Å²) >= 11 is 0. The van der Waals surface area contributed by atoms with Crippen molar-refractivity contribution < 1.29 is 0 Å². The fourth-order valence-corrected chi connectivity index (χ4v) is 4.44. The molecule has 0 bridgehead atoms. The van der Waals surface area contributed by atoms with E-state index in [-0.39, 0.29) is 0 Å². The van der Waals surface area contributed by atoms with Gasteiger partial charge in [0.15, 0.2) is 0 Å².